The summed E-state index contributed by atoms with van der Waals surface area (Å²) in [6.07, 6.45) is 10.1. The quantitative estimate of drug-likeness (QED) is 0.127. The number of allylic oxidation sites excluding steroid dienone is 5. The summed E-state index contributed by atoms with van der Waals surface area (Å²) in [7, 11) is 0. The van der Waals surface area contributed by atoms with Crippen LogP contribution in [0, 0.1) is 0 Å². The zero-order valence-electron chi connectivity index (χ0n) is 44.5. The molecule has 376 valence electrons. The summed E-state index contributed by atoms with van der Waals surface area (Å²) >= 11 is 0. The van der Waals surface area contributed by atoms with Gasteiger partial charge in [-0.2, -0.15) is 0 Å². The Morgan fingerprint density at radius 1 is 0.316 bits per heavy atom. The monoisotopic (exact) mass is 1010 g/mol. The van der Waals surface area contributed by atoms with Crippen LogP contribution in [0.1, 0.15) is 59.2 Å². The van der Waals surface area contributed by atoms with E-state index >= 15 is 0 Å². The van der Waals surface area contributed by atoms with Gasteiger partial charge in [-0.15, -0.1) is 0 Å². The number of anilines is 5. The molecule has 0 fully saturated rings. The summed E-state index contributed by atoms with van der Waals surface area (Å²) in [6.45, 7) is 4.72. The molecular formula is C77H58N2. The van der Waals surface area contributed by atoms with E-state index in [1.54, 1.807) is 0 Å². The lowest BCUT2D eigenvalue weighted by molar-refractivity contribution is 0.660. The smallest absolute Gasteiger partial charge is 0.0714 e. The van der Waals surface area contributed by atoms with Crippen molar-refractivity contribution in [2.24, 2.45) is 0 Å². The summed E-state index contributed by atoms with van der Waals surface area (Å²) in [5.74, 6) is 0. The Morgan fingerprint density at radius 3 is 1.51 bits per heavy atom. The zero-order chi connectivity index (χ0) is 52.9. The van der Waals surface area contributed by atoms with Crippen LogP contribution in [0.2, 0.25) is 0 Å². The molecule has 0 heterocycles. The zero-order valence-corrected chi connectivity index (χ0v) is 44.5. The van der Waals surface area contributed by atoms with Gasteiger partial charge in [0.05, 0.1) is 11.1 Å². The third-order valence-electron chi connectivity index (χ3n) is 16.8. The number of hydrogen-bond donors (Lipinski definition) is 0. The van der Waals surface area contributed by atoms with Crippen molar-refractivity contribution in [1.29, 1.82) is 0 Å². The molecule has 0 amide bonds. The Morgan fingerprint density at radius 2 is 0.810 bits per heavy atom. The van der Waals surface area contributed by atoms with Crippen molar-refractivity contribution in [3.63, 3.8) is 0 Å². The van der Waals surface area contributed by atoms with Crippen molar-refractivity contribution in [2.45, 2.75) is 31.1 Å². The van der Waals surface area contributed by atoms with Gasteiger partial charge >= 0.3 is 0 Å². The minimum Gasteiger partial charge on any atom is -0.310 e. The predicted octanol–water partition coefficient (Wildman–Crippen LogP) is 20.2. The molecule has 11 aromatic carbocycles. The van der Waals surface area contributed by atoms with Gasteiger partial charge in [0.25, 0.3) is 0 Å². The third-order valence-corrected chi connectivity index (χ3v) is 16.8. The van der Waals surface area contributed by atoms with E-state index in [-0.39, 0.29) is 5.41 Å². The van der Waals surface area contributed by atoms with E-state index in [0.717, 1.165) is 40.6 Å². The lowest BCUT2D eigenvalue weighted by Gasteiger charge is -2.35. The van der Waals surface area contributed by atoms with Crippen molar-refractivity contribution in [3.05, 3.63) is 348 Å². The van der Waals surface area contributed by atoms with Gasteiger partial charge in [-0.1, -0.05) is 257 Å². The van der Waals surface area contributed by atoms with Crippen LogP contribution in [-0.2, 0) is 10.8 Å². The molecule has 0 saturated carbocycles. The van der Waals surface area contributed by atoms with E-state index in [9.17, 15) is 0 Å². The minimum atomic E-state index is -0.648. The maximum atomic E-state index is 2.50. The fourth-order valence-corrected chi connectivity index (χ4v) is 13.1. The van der Waals surface area contributed by atoms with Crippen LogP contribution in [0.4, 0.5) is 28.4 Å². The molecule has 79 heavy (non-hydrogen) atoms. The van der Waals surface area contributed by atoms with E-state index in [4.69, 9.17) is 0 Å². The highest BCUT2D eigenvalue weighted by Crippen LogP contribution is 2.60. The molecule has 0 N–H and O–H groups in total. The van der Waals surface area contributed by atoms with E-state index in [1.165, 1.54) is 89.0 Å². The minimum absolute atomic E-state index is 0.119. The molecule has 0 saturated heterocycles. The maximum absolute atomic E-state index is 2.50. The van der Waals surface area contributed by atoms with Gasteiger partial charge in [0.1, 0.15) is 0 Å². The van der Waals surface area contributed by atoms with E-state index in [2.05, 4.69) is 327 Å². The number of hydrogen-bond acceptors (Lipinski definition) is 2. The van der Waals surface area contributed by atoms with Crippen molar-refractivity contribution in [1.82, 2.24) is 0 Å². The summed E-state index contributed by atoms with van der Waals surface area (Å²) < 4.78 is 0. The molecule has 0 aromatic heterocycles. The molecule has 0 atom stereocenters. The van der Waals surface area contributed by atoms with Crippen molar-refractivity contribution in [3.8, 4) is 44.5 Å². The van der Waals surface area contributed by atoms with E-state index < -0.39 is 5.41 Å². The maximum Gasteiger partial charge on any atom is 0.0714 e. The molecule has 2 heteroatoms. The van der Waals surface area contributed by atoms with Gasteiger partial charge in [0.15, 0.2) is 0 Å². The van der Waals surface area contributed by atoms with Crippen molar-refractivity contribution in [2.75, 3.05) is 9.80 Å². The molecule has 0 spiro atoms. The number of nitrogens with zero attached hydrogens (tertiary/aromatic N) is 2. The second kappa shape index (κ2) is 19.7. The number of fused-ring (bicyclic) bond motifs is 6. The number of rotatable bonds is 11. The third kappa shape index (κ3) is 8.02. The Bertz CT molecular complexity index is 4110. The van der Waals surface area contributed by atoms with Crippen LogP contribution in [0.15, 0.2) is 309 Å². The van der Waals surface area contributed by atoms with Crippen molar-refractivity contribution < 1.29 is 0 Å². The fourth-order valence-electron chi connectivity index (χ4n) is 13.1. The Balaban J connectivity index is 0.944. The first-order valence-corrected chi connectivity index (χ1v) is 27.6. The van der Waals surface area contributed by atoms with Gasteiger partial charge in [-0.25, -0.2) is 0 Å². The van der Waals surface area contributed by atoms with E-state index in [1.807, 2.05) is 0 Å². The molecule has 3 aliphatic rings. The summed E-state index contributed by atoms with van der Waals surface area (Å²) in [5, 5.41) is 0. The Kier molecular flexibility index (Phi) is 11.9. The van der Waals surface area contributed by atoms with Gasteiger partial charge in [-0.3, -0.25) is 0 Å². The fraction of sp³-hybridized carbons (Fsp3) is 0.0649. The van der Waals surface area contributed by atoms with Crippen molar-refractivity contribution >= 4 is 34.0 Å². The molecule has 0 unspecified atom stereocenters. The van der Waals surface area contributed by atoms with Gasteiger partial charge < -0.3 is 9.80 Å². The van der Waals surface area contributed by atoms with Crippen LogP contribution >= 0.6 is 0 Å². The molecule has 14 rings (SSSR count). The molecule has 0 bridgehead atoms. The van der Waals surface area contributed by atoms with Gasteiger partial charge in [0, 0.05) is 39.4 Å². The molecular weight excluding hydrogens is 953 g/mol. The first-order chi connectivity index (χ1) is 39.0. The second-order valence-corrected chi connectivity index (χ2v) is 21.5. The molecule has 11 aromatic rings. The SMILES string of the molecule is CC1(C)c2ccccc2-c2ccc(N(c3ccccc3)c3ccc(-c4cccc5c4-c4ccc(N(C6=CCC=C(c7ccccc7)C=C6)c6ccccc6-c6ccccc6)cc4C5(c4ccccc4)c4ccccc4)cc3)cc21. The van der Waals surface area contributed by atoms with Crippen LogP contribution < -0.4 is 9.80 Å². The number of benzene rings is 11. The standard InChI is InChI=1S/C77H58N2/c1-76(2)70-39-20-18-37-67(70)68-50-48-63(52-72(68)76)78(60-33-16-7-17-34-60)62-46-43-57(44-47-62)66-38-23-40-71-75(66)69-51-49-64(53-73(69)77(71,58-29-12-5-13-30-58)59-31-14-6-15-32-59)79(74-41-21-19-36-65(74)56-26-10-4-11-27-56)61-35-22-28-55(42-45-61)54-24-8-3-9-25-54/h3-21,23-53H,22H2,1-2H3. The lowest BCUT2D eigenvalue weighted by Crippen LogP contribution is -2.29. The molecule has 0 radical (unpaired) electrons. The lowest BCUT2D eigenvalue weighted by atomic mass is 9.67. The van der Waals surface area contributed by atoms with Crippen LogP contribution in [-0.4, -0.2) is 0 Å². The van der Waals surface area contributed by atoms with Gasteiger partial charge in [0.2, 0.25) is 0 Å². The van der Waals surface area contributed by atoms with Crippen LogP contribution in [0.3, 0.4) is 0 Å². The Labute approximate surface area is 464 Å². The Hall–Kier alpha value is -9.76. The first kappa shape index (κ1) is 47.7. The van der Waals surface area contributed by atoms with Gasteiger partial charge in [-0.05, 0) is 151 Å². The average molecular weight is 1010 g/mol. The molecule has 2 nitrogen and oxygen atoms in total. The summed E-state index contributed by atoms with van der Waals surface area (Å²) in [5.41, 5.74) is 25.9. The highest BCUT2D eigenvalue weighted by molar-refractivity contribution is 5.98. The second-order valence-electron chi connectivity index (χ2n) is 21.5. The highest BCUT2D eigenvalue weighted by atomic mass is 15.2. The van der Waals surface area contributed by atoms with Crippen LogP contribution in [0.25, 0.3) is 50.1 Å². The average Bonchev–Trinajstić information content (AvgIpc) is 3.78. The van der Waals surface area contributed by atoms with Crippen LogP contribution in [0.5, 0.6) is 0 Å². The molecule has 0 aliphatic heterocycles. The number of para-hydroxylation sites is 2. The topological polar surface area (TPSA) is 6.48 Å². The predicted molar refractivity (Wildman–Crippen MR) is 332 cm³/mol. The summed E-state index contributed by atoms with van der Waals surface area (Å²) in [4.78, 5) is 4.90. The molecule has 3 aliphatic carbocycles. The first-order valence-electron chi connectivity index (χ1n) is 27.6. The normalized spacial score (nSPS) is 14.2. The summed E-state index contributed by atoms with van der Waals surface area (Å²) in [6, 6.07) is 103. The largest absolute Gasteiger partial charge is 0.310 e. The highest BCUT2D eigenvalue weighted by Gasteiger charge is 2.47. The van der Waals surface area contributed by atoms with E-state index in [0.29, 0.717) is 0 Å².